The molecule has 1 aliphatic heterocycles. The molecule has 2 heterocycles. The number of likely N-dealkylation sites (tertiary alicyclic amines) is 1. The molecule has 3 rings (SSSR count). The summed E-state index contributed by atoms with van der Waals surface area (Å²) in [5.41, 5.74) is 1.52. The van der Waals surface area contributed by atoms with Crippen molar-refractivity contribution in [2.24, 2.45) is 0 Å². The first-order valence-electron chi connectivity index (χ1n) is 7.40. The second-order valence-electron chi connectivity index (χ2n) is 5.32. The summed E-state index contributed by atoms with van der Waals surface area (Å²) in [6, 6.07) is 6.09. The zero-order chi connectivity index (χ0) is 16.2. The highest BCUT2D eigenvalue weighted by molar-refractivity contribution is 7.14. The van der Waals surface area contributed by atoms with Crippen molar-refractivity contribution in [1.82, 2.24) is 9.88 Å². The molecule has 1 aromatic carbocycles. The first-order valence-corrected chi connectivity index (χ1v) is 8.28. The molecular weight excluding hydrogens is 316 g/mol. The van der Waals surface area contributed by atoms with E-state index in [0.29, 0.717) is 10.8 Å². The summed E-state index contributed by atoms with van der Waals surface area (Å²) in [6.45, 7) is 1.57. The monoisotopic (exact) mass is 332 g/mol. The molecule has 0 unspecified atom stereocenters. The molecule has 0 spiro atoms. The van der Waals surface area contributed by atoms with Gasteiger partial charge in [0.25, 0.3) is 5.69 Å². The number of nitrogens with zero attached hydrogens (tertiary/aromatic N) is 3. The van der Waals surface area contributed by atoms with Crippen LogP contribution in [0.3, 0.4) is 0 Å². The second kappa shape index (κ2) is 6.74. The van der Waals surface area contributed by atoms with E-state index in [1.165, 1.54) is 29.9 Å². The van der Waals surface area contributed by atoms with Crippen molar-refractivity contribution in [3.63, 3.8) is 0 Å². The van der Waals surface area contributed by atoms with E-state index in [9.17, 15) is 14.9 Å². The molecular formula is C15H16N4O3S. The number of nitro groups is 1. The van der Waals surface area contributed by atoms with Crippen LogP contribution in [0, 0.1) is 10.1 Å². The normalized spacial score (nSPS) is 14.5. The lowest BCUT2D eigenvalue weighted by Gasteiger charge is -2.26. The molecule has 8 heteroatoms. The molecule has 0 aliphatic carbocycles. The Morgan fingerprint density at radius 2 is 1.91 bits per heavy atom. The predicted molar refractivity (Wildman–Crippen MR) is 88.6 cm³/mol. The van der Waals surface area contributed by atoms with Crippen LogP contribution in [0.2, 0.25) is 0 Å². The zero-order valence-corrected chi connectivity index (χ0v) is 13.2. The van der Waals surface area contributed by atoms with Gasteiger partial charge < -0.3 is 4.90 Å². The minimum Gasteiger partial charge on any atom is -0.324 e. The van der Waals surface area contributed by atoms with Gasteiger partial charge in [-0.05, 0) is 31.4 Å². The molecule has 1 saturated heterocycles. The van der Waals surface area contributed by atoms with Crippen LogP contribution in [0.1, 0.15) is 19.3 Å². The highest BCUT2D eigenvalue weighted by Gasteiger charge is 2.17. The van der Waals surface area contributed by atoms with Gasteiger partial charge in [0, 0.05) is 36.2 Å². The van der Waals surface area contributed by atoms with E-state index in [1.807, 2.05) is 5.38 Å². The van der Waals surface area contributed by atoms with Crippen LogP contribution in [-0.4, -0.2) is 33.9 Å². The predicted octanol–water partition coefficient (Wildman–Crippen LogP) is 3.74. The molecule has 1 N–H and O–H groups in total. The maximum atomic E-state index is 12.1. The first kappa shape index (κ1) is 15.4. The molecule has 2 aromatic rings. The van der Waals surface area contributed by atoms with E-state index in [4.69, 9.17) is 0 Å². The maximum Gasteiger partial charge on any atom is 0.323 e. The van der Waals surface area contributed by atoms with Crippen molar-refractivity contribution < 1.29 is 9.72 Å². The number of amides is 2. The Balaban J connectivity index is 1.67. The molecule has 0 atom stereocenters. The third-order valence-electron chi connectivity index (χ3n) is 3.74. The summed E-state index contributed by atoms with van der Waals surface area (Å²) in [5, 5.41) is 15.8. The third kappa shape index (κ3) is 3.65. The van der Waals surface area contributed by atoms with Crippen LogP contribution in [0.25, 0.3) is 11.3 Å². The maximum absolute atomic E-state index is 12.1. The molecule has 1 aromatic heterocycles. The Hall–Kier alpha value is -2.48. The van der Waals surface area contributed by atoms with E-state index in [0.717, 1.165) is 31.5 Å². The topological polar surface area (TPSA) is 88.4 Å². The fraction of sp³-hybridized carbons (Fsp3) is 0.333. The Bertz CT molecular complexity index is 708. The van der Waals surface area contributed by atoms with Crippen LogP contribution < -0.4 is 5.32 Å². The Morgan fingerprint density at radius 3 is 2.57 bits per heavy atom. The van der Waals surface area contributed by atoms with Gasteiger partial charge in [-0.25, -0.2) is 9.78 Å². The fourth-order valence-corrected chi connectivity index (χ4v) is 3.19. The van der Waals surface area contributed by atoms with E-state index in [2.05, 4.69) is 10.3 Å². The van der Waals surface area contributed by atoms with Crippen molar-refractivity contribution in [2.75, 3.05) is 18.4 Å². The quantitative estimate of drug-likeness (QED) is 0.685. The molecule has 0 saturated carbocycles. The van der Waals surface area contributed by atoms with E-state index < -0.39 is 4.92 Å². The minimum atomic E-state index is -0.435. The smallest absolute Gasteiger partial charge is 0.323 e. The number of urea groups is 1. The summed E-state index contributed by atoms with van der Waals surface area (Å²) >= 11 is 1.34. The van der Waals surface area contributed by atoms with E-state index in [1.54, 1.807) is 17.0 Å². The van der Waals surface area contributed by atoms with Crippen LogP contribution in [0.5, 0.6) is 0 Å². The number of benzene rings is 1. The van der Waals surface area contributed by atoms with Gasteiger partial charge in [-0.2, -0.15) is 0 Å². The number of rotatable bonds is 3. The molecule has 0 radical (unpaired) electrons. The summed E-state index contributed by atoms with van der Waals surface area (Å²) < 4.78 is 0. The van der Waals surface area contributed by atoms with Crippen molar-refractivity contribution in [3.05, 3.63) is 39.8 Å². The Labute approximate surface area is 137 Å². The Kier molecular flexibility index (Phi) is 4.52. The van der Waals surface area contributed by atoms with Gasteiger partial charge in [0.15, 0.2) is 5.13 Å². The Morgan fingerprint density at radius 1 is 1.22 bits per heavy atom. The average Bonchev–Trinajstić information content (AvgIpc) is 3.04. The number of anilines is 1. The van der Waals surface area contributed by atoms with Crippen molar-refractivity contribution >= 4 is 28.2 Å². The van der Waals surface area contributed by atoms with Gasteiger partial charge in [-0.3, -0.25) is 15.4 Å². The number of carbonyl (C=O) groups excluding carboxylic acids is 1. The lowest BCUT2D eigenvalue weighted by atomic mass is 10.1. The van der Waals surface area contributed by atoms with Crippen molar-refractivity contribution in [3.8, 4) is 11.3 Å². The van der Waals surface area contributed by atoms with Gasteiger partial charge in [-0.15, -0.1) is 11.3 Å². The standard InChI is InChI=1S/C15H16N4O3S/c20-15(18-8-2-1-3-9-18)17-14-16-13(10-23-14)11-4-6-12(7-5-11)19(21)22/h4-7,10H,1-3,8-9H2,(H,16,17,20). The SMILES string of the molecule is O=C(Nc1nc(-c2ccc([N+](=O)[O-])cc2)cs1)N1CCCCC1. The first-order chi connectivity index (χ1) is 11.1. The van der Waals surface area contributed by atoms with Crippen LogP contribution in [-0.2, 0) is 0 Å². The lowest BCUT2D eigenvalue weighted by molar-refractivity contribution is -0.384. The van der Waals surface area contributed by atoms with Crippen LogP contribution in [0.4, 0.5) is 15.6 Å². The van der Waals surface area contributed by atoms with E-state index in [-0.39, 0.29) is 11.7 Å². The number of piperidine rings is 1. The zero-order valence-electron chi connectivity index (χ0n) is 12.4. The average molecular weight is 332 g/mol. The minimum absolute atomic E-state index is 0.0441. The number of thiazole rings is 1. The van der Waals surface area contributed by atoms with Crippen LogP contribution >= 0.6 is 11.3 Å². The second-order valence-corrected chi connectivity index (χ2v) is 6.18. The van der Waals surface area contributed by atoms with Gasteiger partial charge in [-0.1, -0.05) is 0 Å². The highest BCUT2D eigenvalue weighted by atomic mass is 32.1. The van der Waals surface area contributed by atoms with Gasteiger partial charge >= 0.3 is 6.03 Å². The highest BCUT2D eigenvalue weighted by Crippen LogP contribution is 2.26. The lowest BCUT2D eigenvalue weighted by Crippen LogP contribution is -2.38. The fourth-order valence-electron chi connectivity index (χ4n) is 2.49. The number of hydrogen-bond acceptors (Lipinski definition) is 5. The number of carbonyl (C=O) groups is 1. The van der Waals surface area contributed by atoms with Crippen LogP contribution in [0.15, 0.2) is 29.6 Å². The van der Waals surface area contributed by atoms with Gasteiger partial charge in [0.2, 0.25) is 0 Å². The molecule has 1 aliphatic rings. The van der Waals surface area contributed by atoms with Crippen molar-refractivity contribution in [2.45, 2.75) is 19.3 Å². The summed E-state index contributed by atoms with van der Waals surface area (Å²) in [7, 11) is 0. The number of non-ortho nitro benzene ring substituents is 1. The third-order valence-corrected chi connectivity index (χ3v) is 4.49. The molecule has 23 heavy (non-hydrogen) atoms. The number of nitro benzene ring substituents is 1. The molecule has 2 amide bonds. The van der Waals surface area contributed by atoms with Crippen molar-refractivity contribution in [1.29, 1.82) is 0 Å². The number of nitrogens with one attached hydrogen (secondary N) is 1. The largest absolute Gasteiger partial charge is 0.324 e. The van der Waals surface area contributed by atoms with Gasteiger partial charge in [0.1, 0.15) is 0 Å². The van der Waals surface area contributed by atoms with Gasteiger partial charge in [0.05, 0.1) is 10.6 Å². The molecule has 0 bridgehead atoms. The summed E-state index contributed by atoms with van der Waals surface area (Å²) in [5.74, 6) is 0. The molecule has 1 fully saturated rings. The molecule has 120 valence electrons. The molecule has 7 nitrogen and oxygen atoms in total. The number of hydrogen-bond donors (Lipinski definition) is 1. The number of aromatic nitrogens is 1. The summed E-state index contributed by atoms with van der Waals surface area (Å²) in [6.07, 6.45) is 3.25. The summed E-state index contributed by atoms with van der Waals surface area (Å²) in [4.78, 5) is 28.6. The van der Waals surface area contributed by atoms with E-state index >= 15 is 0 Å².